The minimum Gasteiger partial charge on any atom is -0.334 e. The smallest absolute Gasteiger partial charge is 0.0804 e. The van der Waals surface area contributed by atoms with Gasteiger partial charge in [-0.05, 0) is 19.3 Å². The molecule has 12 heavy (non-hydrogen) atoms. The van der Waals surface area contributed by atoms with E-state index < -0.39 is 0 Å². The van der Waals surface area contributed by atoms with Gasteiger partial charge in [0, 0.05) is 11.8 Å². The van der Waals surface area contributed by atoms with Crippen molar-refractivity contribution in [3.63, 3.8) is 0 Å². The number of quaternary nitrogens is 1. The highest BCUT2D eigenvalue weighted by molar-refractivity contribution is 4.71. The van der Waals surface area contributed by atoms with Gasteiger partial charge >= 0.3 is 0 Å². The molecule has 0 spiro atoms. The van der Waals surface area contributed by atoms with Crippen molar-refractivity contribution < 1.29 is 4.90 Å². The van der Waals surface area contributed by atoms with E-state index in [4.69, 9.17) is 0 Å². The summed E-state index contributed by atoms with van der Waals surface area (Å²) in [5, 5.41) is 0. The minimum atomic E-state index is 1.02. The molecule has 0 aromatic rings. The number of hydrogen-bond donors (Lipinski definition) is 1. The first-order chi connectivity index (χ1) is 5.81. The van der Waals surface area contributed by atoms with E-state index >= 15 is 0 Å². The maximum Gasteiger partial charge on any atom is 0.0804 e. The highest BCUT2D eigenvalue weighted by Gasteiger charge is 2.32. The molecule has 0 saturated carbocycles. The minimum absolute atomic E-state index is 1.02. The van der Waals surface area contributed by atoms with Crippen LogP contribution in [-0.2, 0) is 0 Å². The van der Waals surface area contributed by atoms with Gasteiger partial charge in [0.25, 0.3) is 0 Å². The third-order valence-corrected chi connectivity index (χ3v) is 3.42. The van der Waals surface area contributed by atoms with Crippen molar-refractivity contribution in [2.45, 2.75) is 40.0 Å². The third-order valence-electron chi connectivity index (χ3n) is 3.42. The van der Waals surface area contributed by atoms with Gasteiger partial charge in [-0.2, -0.15) is 0 Å². The highest BCUT2D eigenvalue weighted by Crippen LogP contribution is 2.19. The Balaban J connectivity index is 2.36. The fourth-order valence-electron chi connectivity index (χ4n) is 2.67. The SMILES string of the molecule is CCC[NH+]1CC(CC)C(CC)C1. The third kappa shape index (κ3) is 2.22. The van der Waals surface area contributed by atoms with Gasteiger partial charge in [-0.3, -0.25) is 0 Å². The van der Waals surface area contributed by atoms with Gasteiger partial charge in [0.1, 0.15) is 0 Å². The Kier molecular flexibility index (Phi) is 4.07. The zero-order valence-electron chi connectivity index (χ0n) is 8.90. The Bertz CT molecular complexity index is 110. The zero-order valence-corrected chi connectivity index (χ0v) is 8.90. The topological polar surface area (TPSA) is 4.44 Å². The van der Waals surface area contributed by atoms with Crippen LogP contribution in [0.3, 0.4) is 0 Å². The number of rotatable bonds is 4. The molecule has 0 amide bonds. The molecule has 1 heteroatoms. The van der Waals surface area contributed by atoms with Gasteiger partial charge < -0.3 is 4.90 Å². The second kappa shape index (κ2) is 4.86. The quantitative estimate of drug-likeness (QED) is 0.649. The average Bonchev–Trinajstić information content (AvgIpc) is 2.48. The van der Waals surface area contributed by atoms with Crippen molar-refractivity contribution in [1.82, 2.24) is 0 Å². The van der Waals surface area contributed by atoms with Crippen LogP contribution >= 0.6 is 0 Å². The van der Waals surface area contributed by atoms with E-state index in [0.29, 0.717) is 0 Å². The summed E-state index contributed by atoms with van der Waals surface area (Å²) in [4.78, 5) is 1.86. The molecule has 1 saturated heterocycles. The predicted octanol–water partition coefficient (Wildman–Crippen LogP) is 1.35. The summed E-state index contributed by atoms with van der Waals surface area (Å²) in [5.41, 5.74) is 0. The maximum atomic E-state index is 2.35. The zero-order chi connectivity index (χ0) is 8.97. The van der Waals surface area contributed by atoms with Crippen LogP contribution in [0.25, 0.3) is 0 Å². The molecular weight excluding hydrogens is 146 g/mol. The van der Waals surface area contributed by atoms with Crippen LogP contribution in [0.2, 0.25) is 0 Å². The molecule has 72 valence electrons. The van der Waals surface area contributed by atoms with Crippen molar-refractivity contribution in [3.8, 4) is 0 Å². The molecule has 1 heterocycles. The lowest BCUT2D eigenvalue weighted by Gasteiger charge is -2.10. The van der Waals surface area contributed by atoms with E-state index in [2.05, 4.69) is 20.8 Å². The van der Waals surface area contributed by atoms with Crippen LogP contribution in [0.4, 0.5) is 0 Å². The first-order valence-corrected chi connectivity index (χ1v) is 5.65. The molecule has 1 nitrogen and oxygen atoms in total. The van der Waals surface area contributed by atoms with Gasteiger partial charge in [-0.15, -0.1) is 0 Å². The summed E-state index contributed by atoms with van der Waals surface area (Å²) < 4.78 is 0. The van der Waals surface area contributed by atoms with Gasteiger partial charge in [0.15, 0.2) is 0 Å². The number of nitrogens with one attached hydrogen (secondary N) is 1. The Morgan fingerprint density at radius 2 is 1.50 bits per heavy atom. The standard InChI is InChI=1S/C11H23N/c1-4-7-12-8-10(5-2)11(6-3)9-12/h10-11H,4-9H2,1-3H3/p+1. The normalized spacial score (nSPS) is 35.8. The highest BCUT2D eigenvalue weighted by atomic mass is 15.1. The number of hydrogen-bond acceptors (Lipinski definition) is 0. The van der Waals surface area contributed by atoms with E-state index in [1.165, 1.54) is 38.9 Å². The van der Waals surface area contributed by atoms with Crippen LogP contribution in [0.1, 0.15) is 40.0 Å². The lowest BCUT2D eigenvalue weighted by Crippen LogP contribution is -3.10. The van der Waals surface area contributed by atoms with Crippen molar-refractivity contribution in [2.24, 2.45) is 11.8 Å². The predicted molar refractivity (Wildman–Crippen MR) is 53.4 cm³/mol. The van der Waals surface area contributed by atoms with Crippen molar-refractivity contribution in [2.75, 3.05) is 19.6 Å². The van der Waals surface area contributed by atoms with Gasteiger partial charge in [0.05, 0.1) is 19.6 Å². The Hall–Kier alpha value is -0.0400. The molecule has 2 unspecified atom stereocenters. The lowest BCUT2D eigenvalue weighted by atomic mass is 9.92. The summed E-state index contributed by atoms with van der Waals surface area (Å²) in [5.74, 6) is 2.05. The molecule has 0 aromatic carbocycles. The Labute approximate surface area is 77.1 Å². The Morgan fingerprint density at radius 1 is 1.00 bits per heavy atom. The van der Waals surface area contributed by atoms with E-state index in [0.717, 1.165) is 11.8 Å². The second-order valence-electron chi connectivity index (χ2n) is 4.24. The lowest BCUT2D eigenvalue weighted by molar-refractivity contribution is -0.890. The largest absolute Gasteiger partial charge is 0.334 e. The van der Waals surface area contributed by atoms with E-state index in [9.17, 15) is 0 Å². The van der Waals surface area contributed by atoms with Crippen molar-refractivity contribution in [3.05, 3.63) is 0 Å². The molecule has 0 aromatic heterocycles. The molecule has 1 aliphatic heterocycles. The van der Waals surface area contributed by atoms with E-state index in [-0.39, 0.29) is 0 Å². The second-order valence-corrected chi connectivity index (χ2v) is 4.24. The Morgan fingerprint density at radius 3 is 1.83 bits per heavy atom. The first-order valence-electron chi connectivity index (χ1n) is 5.65. The summed E-state index contributed by atoms with van der Waals surface area (Å²) in [6, 6.07) is 0. The molecule has 0 radical (unpaired) electrons. The van der Waals surface area contributed by atoms with Crippen LogP contribution in [0, 0.1) is 11.8 Å². The average molecular weight is 170 g/mol. The van der Waals surface area contributed by atoms with E-state index in [1.54, 1.807) is 0 Å². The van der Waals surface area contributed by atoms with Gasteiger partial charge in [-0.25, -0.2) is 0 Å². The maximum absolute atomic E-state index is 2.35. The molecule has 2 atom stereocenters. The molecule has 1 rings (SSSR count). The van der Waals surface area contributed by atoms with Crippen molar-refractivity contribution in [1.29, 1.82) is 0 Å². The summed E-state index contributed by atoms with van der Waals surface area (Å²) in [6.45, 7) is 11.3. The molecule has 0 aliphatic carbocycles. The molecule has 1 fully saturated rings. The first kappa shape index (κ1) is 10.0. The summed E-state index contributed by atoms with van der Waals surface area (Å²) >= 11 is 0. The van der Waals surface area contributed by atoms with Crippen molar-refractivity contribution >= 4 is 0 Å². The van der Waals surface area contributed by atoms with Crippen LogP contribution in [-0.4, -0.2) is 19.6 Å². The van der Waals surface area contributed by atoms with E-state index in [1.807, 2.05) is 4.90 Å². The van der Waals surface area contributed by atoms with Gasteiger partial charge in [0.2, 0.25) is 0 Å². The fourth-order valence-corrected chi connectivity index (χ4v) is 2.67. The molecular formula is C11H24N+. The van der Waals surface area contributed by atoms with Crippen LogP contribution in [0.5, 0.6) is 0 Å². The van der Waals surface area contributed by atoms with Crippen LogP contribution in [0.15, 0.2) is 0 Å². The fraction of sp³-hybridized carbons (Fsp3) is 1.00. The number of likely N-dealkylation sites (tertiary alicyclic amines) is 1. The molecule has 0 bridgehead atoms. The summed E-state index contributed by atoms with van der Waals surface area (Å²) in [6.07, 6.45) is 4.14. The summed E-state index contributed by atoms with van der Waals surface area (Å²) in [7, 11) is 0. The molecule has 1 aliphatic rings. The van der Waals surface area contributed by atoms with Gasteiger partial charge in [-0.1, -0.05) is 20.8 Å². The van der Waals surface area contributed by atoms with Crippen LogP contribution < -0.4 is 4.90 Å². The molecule has 1 N–H and O–H groups in total. The monoisotopic (exact) mass is 170 g/mol.